The Hall–Kier alpha value is -2.21. The molecule has 11 heteroatoms. The number of carbonyl (C=O) groups is 1. The minimum Gasteiger partial charge on any atom is -0.493 e. The molecule has 3 rings (SSSR count). The molecule has 0 atom stereocenters. The predicted molar refractivity (Wildman–Crippen MR) is 106 cm³/mol. The monoisotopic (exact) mass is 426 g/mol. The van der Waals surface area contributed by atoms with Crippen molar-refractivity contribution >= 4 is 32.6 Å². The number of amides is 1. The van der Waals surface area contributed by atoms with Crippen LogP contribution in [0.1, 0.15) is 10.6 Å². The highest BCUT2D eigenvalue weighted by molar-refractivity contribution is 7.86. The Kier molecular flexibility index (Phi) is 6.18. The van der Waals surface area contributed by atoms with Crippen LogP contribution in [0.2, 0.25) is 0 Å². The van der Waals surface area contributed by atoms with Crippen LogP contribution in [0.15, 0.2) is 24.3 Å². The summed E-state index contributed by atoms with van der Waals surface area (Å²) < 4.78 is 37.9. The number of hydrogen-bond donors (Lipinski definition) is 1. The fourth-order valence-corrected chi connectivity index (χ4v) is 4.89. The van der Waals surface area contributed by atoms with E-state index in [4.69, 9.17) is 9.47 Å². The van der Waals surface area contributed by atoms with Crippen LogP contribution in [0.5, 0.6) is 11.5 Å². The minimum atomic E-state index is -3.48. The van der Waals surface area contributed by atoms with Gasteiger partial charge in [0, 0.05) is 31.9 Å². The van der Waals surface area contributed by atoms with Crippen LogP contribution in [-0.4, -0.2) is 62.3 Å². The predicted octanol–water partition coefficient (Wildman–Crippen LogP) is 1.33. The molecule has 1 aromatic carbocycles. The standard InChI is InChI=1S/C17H22N4O5S2/c1-20(2)28(23,24)21-9-8-12-15(10-21)27-17(18-12)19-16(22)11-26-14-7-5-4-6-13(14)25-3/h4-7H,8-11H2,1-3H3,(H,18,19,22). The average molecular weight is 427 g/mol. The van der Waals surface area contributed by atoms with Crippen LogP contribution in [0.4, 0.5) is 5.13 Å². The van der Waals surface area contributed by atoms with Crippen molar-refractivity contribution in [2.75, 3.05) is 39.7 Å². The highest BCUT2D eigenvalue weighted by Crippen LogP contribution is 2.30. The maximum Gasteiger partial charge on any atom is 0.281 e. The molecule has 1 aliphatic rings. The second-order valence-electron chi connectivity index (χ2n) is 6.25. The zero-order chi connectivity index (χ0) is 20.3. The Morgan fingerprint density at radius 3 is 2.71 bits per heavy atom. The van der Waals surface area contributed by atoms with Crippen LogP contribution in [-0.2, 0) is 28.0 Å². The van der Waals surface area contributed by atoms with Gasteiger partial charge in [-0.2, -0.15) is 17.0 Å². The topological polar surface area (TPSA) is 101 Å². The molecule has 0 aliphatic carbocycles. The molecule has 1 aromatic heterocycles. The SMILES string of the molecule is COc1ccccc1OCC(=O)Nc1nc2c(s1)CN(S(=O)(=O)N(C)C)CC2. The van der Waals surface area contributed by atoms with Gasteiger partial charge in [-0.05, 0) is 12.1 Å². The highest BCUT2D eigenvalue weighted by Gasteiger charge is 2.30. The number of fused-ring (bicyclic) bond motifs is 1. The molecule has 28 heavy (non-hydrogen) atoms. The summed E-state index contributed by atoms with van der Waals surface area (Å²) in [5, 5.41) is 3.14. The number of aromatic nitrogens is 1. The summed E-state index contributed by atoms with van der Waals surface area (Å²) in [5.74, 6) is 0.667. The van der Waals surface area contributed by atoms with Crippen LogP contribution < -0.4 is 14.8 Å². The molecule has 2 heterocycles. The highest BCUT2D eigenvalue weighted by atomic mass is 32.2. The number of carbonyl (C=O) groups excluding carboxylic acids is 1. The largest absolute Gasteiger partial charge is 0.493 e. The Morgan fingerprint density at radius 1 is 1.32 bits per heavy atom. The van der Waals surface area contributed by atoms with Gasteiger partial charge in [0.1, 0.15) is 0 Å². The van der Waals surface area contributed by atoms with E-state index in [1.165, 1.54) is 41.2 Å². The lowest BCUT2D eigenvalue weighted by atomic mass is 10.2. The summed E-state index contributed by atoms with van der Waals surface area (Å²) in [6, 6.07) is 7.06. The molecule has 1 aliphatic heterocycles. The summed E-state index contributed by atoms with van der Waals surface area (Å²) >= 11 is 1.28. The van der Waals surface area contributed by atoms with Crippen molar-refractivity contribution < 1.29 is 22.7 Å². The quantitative estimate of drug-likeness (QED) is 0.717. The van der Waals surface area contributed by atoms with E-state index in [1.54, 1.807) is 18.2 Å². The lowest BCUT2D eigenvalue weighted by Gasteiger charge is -2.27. The van der Waals surface area contributed by atoms with Gasteiger partial charge < -0.3 is 9.47 Å². The molecule has 0 saturated heterocycles. The van der Waals surface area contributed by atoms with Gasteiger partial charge in [-0.1, -0.05) is 12.1 Å². The molecule has 2 aromatic rings. The fraction of sp³-hybridized carbons (Fsp3) is 0.412. The van der Waals surface area contributed by atoms with Gasteiger partial charge in [0.25, 0.3) is 16.1 Å². The van der Waals surface area contributed by atoms with E-state index in [9.17, 15) is 13.2 Å². The minimum absolute atomic E-state index is 0.189. The molecular formula is C17H22N4O5S2. The molecule has 0 fully saturated rings. The summed E-state index contributed by atoms with van der Waals surface area (Å²) in [6.45, 7) is 0.425. The zero-order valence-electron chi connectivity index (χ0n) is 15.8. The number of thiazole rings is 1. The number of nitrogens with zero attached hydrogens (tertiary/aromatic N) is 3. The molecular weight excluding hydrogens is 404 g/mol. The van der Waals surface area contributed by atoms with Crippen LogP contribution in [0, 0.1) is 0 Å². The smallest absolute Gasteiger partial charge is 0.281 e. The molecule has 1 amide bonds. The molecule has 0 saturated carbocycles. The molecule has 0 radical (unpaired) electrons. The number of methoxy groups -OCH3 is 1. The Labute approximate surface area is 168 Å². The van der Waals surface area contributed by atoms with Gasteiger partial charge in [0.05, 0.1) is 19.3 Å². The first-order valence-corrected chi connectivity index (χ1v) is 10.7. The van der Waals surface area contributed by atoms with E-state index in [0.717, 1.165) is 10.6 Å². The number of para-hydroxylation sites is 2. The fourth-order valence-electron chi connectivity index (χ4n) is 2.69. The van der Waals surface area contributed by atoms with Gasteiger partial charge in [-0.3, -0.25) is 10.1 Å². The van der Waals surface area contributed by atoms with Crippen molar-refractivity contribution in [3.05, 3.63) is 34.8 Å². The number of anilines is 1. The van der Waals surface area contributed by atoms with Crippen molar-refractivity contribution in [3.63, 3.8) is 0 Å². The Morgan fingerprint density at radius 2 is 2.04 bits per heavy atom. The number of ether oxygens (including phenoxy) is 2. The first-order chi connectivity index (χ1) is 13.3. The van der Waals surface area contributed by atoms with Crippen molar-refractivity contribution in [2.24, 2.45) is 0 Å². The first kappa shape index (κ1) is 20.5. The van der Waals surface area contributed by atoms with Gasteiger partial charge >= 0.3 is 0 Å². The van der Waals surface area contributed by atoms with E-state index in [-0.39, 0.29) is 19.1 Å². The van der Waals surface area contributed by atoms with Crippen LogP contribution >= 0.6 is 11.3 Å². The van der Waals surface area contributed by atoms with Crippen molar-refractivity contribution in [2.45, 2.75) is 13.0 Å². The van der Waals surface area contributed by atoms with Crippen molar-refractivity contribution in [3.8, 4) is 11.5 Å². The van der Waals surface area contributed by atoms with E-state index in [2.05, 4.69) is 10.3 Å². The number of benzene rings is 1. The maximum absolute atomic E-state index is 12.3. The molecule has 1 N–H and O–H groups in total. The Balaban J connectivity index is 1.61. The second-order valence-corrected chi connectivity index (χ2v) is 9.48. The normalized spacial score (nSPS) is 14.6. The van der Waals surface area contributed by atoms with Crippen molar-refractivity contribution in [1.82, 2.24) is 13.6 Å². The third-order valence-electron chi connectivity index (χ3n) is 4.16. The Bertz CT molecular complexity index is 958. The van der Waals surface area contributed by atoms with Gasteiger partial charge in [-0.15, -0.1) is 11.3 Å². The maximum atomic E-state index is 12.3. The van der Waals surface area contributed by atoms with Crippen LogP contribution in [0.3, 0.4) is 0 Å². The summed E-state index contributed by atoms with van der Waals surface area (Å²) in [6.07, 6.45) is 0.506. The third-order valence-corrected chi connectivity index (χ3v) is 7.04. The van der Waals surface area contributed by atoms with Gasteiger partial charge in [-0.25, -0.2) is 4.98 Å². The number of nitrogens with one attached hydrogen (secondary N) is 1. The van der Waals surface area contributed by atoms with Crippen molar-refractivity contribution in [1.29, 1.82) is 0 Å². The molecule has 0 bridgehead atoms. The second kappa shape index (κ2) is 8.43. The number of hydrogen-bond acceptors (Lipinski definition) is 7. The lowest BCUT2D eigenvalue weighted by Crippen LogP contribution is -2.42. The van der Waals surface area contributed by atoms with E-state index < -0.39 is 10.2 Å². The van der Waals surface area contributed by atoms with E-state index in [0.29, 0.717) is 29.6 Å². The summed E-state index contributed by atoms with van der Waals surface area (Å²) in [5.41, 5.74) is 0.816. The summed E-state index contributed by atoms with van der Waals surface area (Å²) in [7, 11) is 1.06. The molecule has 0 unspecified atom stereocenters. The average Bonchev–Trinajstić information content (AvgIpc) is 3.07. The number of rotatable bonds is 7. The van der Waals surface area contributed by atoms with Crippen LogP contribution in [0.25, 0.3) is 0 Å². The molecule has 152 valence electrons. The zero-order valence-corrected chi connectivity index (χ0v) is 17.5. The molecule has 9 nitrogen and oxygen atoms in total. The van der Waals surface area contributed by atoms with Gasteiger partial charge in [0.15, 0.2) is 23.2 Å². The van der Waals surface area contributed by atoms with E-state index in [1.807, 2.05) is 6.07 Å². The first-order valence-electron chi connectivity index (χ1n) is 8.53. The summed E-state index contributed by atoms with van der Waals surface area (Å²) in [4.78, 5) is 17.4. The third kappa shape index (κ3) is 4.43. The molecule has 0 spiro atoms. The van der Waals surface area contributed by atoms with E-state index >= 15 is 0 Å². The lowest BCUT2D eigenvalue weighted by molar-refractivity contribution is -0.118. The van der Waals surface area contributed by atoms with Gasteiger partial charge in [0.2, 0.25) is 0 Å².